The first-order valence-electron chi connectivity index (χ1n) is 9.17. The van der Waals surface area contributed by atoms with Crippen LogP contribution in [0.5, 0.6) is 0 Å². The summed E-state index contributed by atoms with van der Waals surface area (Å²) in [7, 11) is -3.95. The summed E-state index contributed by atoms with van der Waals surface area (Å²) in [6.45, 7) is -0.580. The standard InChI is InChI=1S/C19H18ClN3O7S/c20-13-7-9-14(10-8-13)31(28,29)22-11-3-6-17(22)19(25)30-12-18(24)21-15-4-1-2-5-16(15)23(26)27/h1-2,4-5,7-10,17H,3,6,11-12H2,(H,21,24)/t17-/m0/s1. The van der Waals surface area contributed by atoms with Crippen LogP contribution in [0.1, 0.15) is 12.8 Å². The Bertz CT molecular complexity index is 1110. The van der Waals surface area contributed by atoms with Gasteiger partial charge in [0.05, 0.1) is 9.82 Å². The lowest BCUT2D eigenvalue weighted by atomic mass is 10.2. The van der Waals surface area contributed by atoms with Crippen molar-refractivity contribution in [3.8, 4) is 0 Å². The molecule has 1 atom stereocenters. The highest BCUT2D eigenvalue weighted by molar-refractivity contribution is 7.89. The molecule has 2 aromatic carbocycles. The molecule has 0 saturated carbocycles. The Labute approximate surface area is 183 Å². The first-order valence-corrected chi connectivity index (χ1v) is 11.0. The number of hydrogen-bond donors (Lipinski definition) is 1. The van der Waals surface area contributed by atoms with Crippen molar-refractivity contribution < 1.29 is 27.7 Å². The quantitative estimate of drug-likeness (QED) is 0.375. The zero-order valence-electron chi connectivity index (χ0n) is 16.1. The highest BCUT2D eigenvalue weighted by Gasteiger charge is 2.40. The minimum atomic E-state index is -3.95. The van der Waals surface area contributed by atoms with Gasteiger partial charge < -0.3 is 10.1 Å². The molecular weight excluding hydrogens is 450 g/mol. The fourth-order valence-electron chi connectivity index (χ4n) is 3.16. The van der Waals surface area contributed by atoms with Gasteiger partial charge in [0, 0.05) is 17.6 Å². The normalized spacial score (nSPS) is 16.6. The Morgan fingerprint density at radius 2 is 1.87 bits per heavy atom. The Hall–Kier alpha value is -3.02. The molecule has 1 aliphatic heterocycles. The van der Waals surface area contributed by atoms with E-state index in [0.717, 1.165) is 4.31 Å². The third-order valence-corrected chi connectivity index (χ3v) is 6.79. The molecule has 1 heterocycles. The lowest BCUT2D eigenvalue weighted by molar-refractivity contribution is -0.383. The summed E-state index contributed by atoms with van der Waals surface area (Å²) in [6, 6.07) is 10.0. The van der Waals surface area contributed by atoms with Crippen LogP contribution in [0.4, 0.5) is 11.4 Å². The van der Waals surface area contributed by atoms with Gasteiger partial charge in [-0.2, -0.15) is 4.31 Å². The van der Waals surface area contributed by atoms with E-state index in [-0.39, 0.29) is 29.2 Å². The predicted octanol–water partition coefficient (Wildman–Crippen LogP) is 2.58. The largest absolute Gasteiger partial charge is 0.454 e. The average molecular weight is 468 g/mol. The minimum absolute atomic E-state index is 0.00858. The van der Waals surface area contributed by atoms with Gasteiger partial charge in [0.2, 0.25) is 10.0 Å². The van der Waals surface area contributed by atoms with Gasteiger partial charge in [-0.1, -0.05) is 23.7 Å². The number of ether oxygens (including phenoxy) is 1. The number of rotatable bonds is 7. The lowest BCUT2D eigenvalue weighted by Crippen LogP contribution is -2.42. The smallest absolute Gasteiger partial charge is 0.324 e. The van der Waals surface area contributed by atoms with Crippen molar-refractivity contribution in [2.75, 3.05) is 18.5 Å². The third kappa shape index (κ3) is 5.19. The zero-order valence-corrected chi connectivity index (χ0v) is 17.6. The predicted molar refractivity (Wildman–Crippen MR) is 111 cm³/mol. The van der Waals surface area contributed by atoms with Crippen LogP contribution in [-0.4, -0.2) is 48.7 Å². The van der Waals surface area contributed by atoms with Gasteiger partial charge in [-0.15, -0.1) is 0 Å². The van der Waals surface area contributed by atoms with E-state index in [2.05, 4.69) is 5.32 Å². The van der Waals surface area contributed by atoms with Crippen LogP contribution in [0.15, 0.2) is 53.4 Å². The van der Waals surface area contributed by atoms with Crippen LogP contribution >= 0.6 is 11.6 Å². The van der Waals surface area contributed by atoms with Gasteiger partial charge in [-0.3, -0.25) is 19.7 Å². The first kappa shape index (κ1) is 22.7. The van der Waals surface area contributed by atoms with Crippen molar-refractivity contribution in [2.45, 2.75) is 23.8 Å². The molecule has 10 nitrogen and oxygen atoms in total. The Kier molecular flexibility index (Phi) is 6.88. The summed E-state index contributed by atoms with van der Waals surface area (Å²) in [4.78, 5) is 34.9. The number of carbonyl (C=O) groups excluding carboxylic acids is 2. The second-order valence-electron chi connectivity index (χ2n) is 6.66. The molecule has 1 aliphatic rings. The molecule has 12 heteroatoms. The summed E-state index contributed by atoms with van der Waals surface area (Å²) in [5.41, 5.74) is -0.348. The number of hydrogen-bond acceptors (Lipinski definition) is 7. The molecule has 164 valence electrons. The summed E-state index contributed by atoms with van der Waals surface area (Å²) < 4.78 is 31.8. The first-order chi connectivity index (χ1) is 14.7. The number of nitro groups is 1. The molecule has 0 aromatic heterocycles. The number of nitrogens with zero attached hydrogens (tertiary/aromatic N) is 2. The number of carbonyl (C=O) groups is 2. The van der Waals surface area contributed by atoms with E-state index in [4.69, 9.17) is 16.3 Å². The molecule has 3 rings (SSSR count). The van der Waals surface area contributed by atoms with Gasteiger partial charge in [-0.25, -0.2) is 8.42 Å². The molecule has 0 bridgehead atoms. The number of benzene rings is 2. The van der Waals surface area contributed by atoms with Crippen LogP contribution < -0.4 is 5.32 Å². The zero-order chi connectivity index (χ0) is 22.6. The minimum Gasteiger partial charge on any atom is -0.454 e. The molecular formula is C19H18ClN3O7S. The van der Waals surface area contributed by atoms with Crippen LogP contribution in [0, 0.1) is 10.1 Å². The Morgan fingerprint density at radius 1 is 1.19 bits per heavy atom. The number of amides is 1. The van der Waals surface area contributed by atoms with Gasteiger partial charge >= 0.3 is 5.97 Å². The van der Waals surface area contributed by atoms with Crippen LogP contribution in [0.2, 0.25) is 5.02 Å². The van der Waals surface area contributed by atoms with Gasteiger partial charge in [0.1, 0.15) is 11.7 Å². The summed E-state index contributed by atoms with van der Waals surface area (Å²) in [6.07, 6.45) is 0.701. The lowest BCUT2D eigenvalue weighted by Gasteiger charge is -2.22. The van der Waals surface area contributed by atoms with Crippen LogP contribution in [0.3, 0.4) is 0 Å². The molecule has 2 aromatic rings. The monoisotopic (exact) mass is 467 g/mol. The maximum Gasteiger partial charge on any atom is 0.324 e. The van der Waals surface area contributed by atoms with Crippen molar-refractivity contribution in [2.24, 2.45) is 0 Å². The van der Waals surface area contributed by atoms with Gasteiger partial charge in [-0.05, 0) is 43.2 Å². The van der Waals surface area contributed by atoms with E-state index >= 15 is 0 Å². The van der Waals surface area contributed by atoms with Crippen molar-refractivity contribution in [3.05, 3.63) is 63.7 Å². The van der Waals surface area contributed by atoms with E-state index < -0.39 is 39.5 Å². The van der Waals surface area contributed by atoms with Gasteiger partial charge in [0.15, 0.2) is 6.61 Å². The fraction of sp³-hybridized carbons (Fsp3) is 0.263. The van der Waals surface area contributed by atoms with Crippen LogP contribution in [-0.2, 0) is 24.3 Å². The molecule has 1 fully saturated rings. The molecule has 0 aliphatic carbocycles. The van der Waals surface area contributed by atoms with E-state index in [9.17, 15) is 28.1 Å². The number of nitro benzene ring substituents is 1. The van der Waals surface area contributed by atoms with E-state index in [0.29, 0.717) is 11.4 Å². The number of sulfonamides is 1. The molecule has 1 N–H and O–H groups in total. The van der Waals surface area contributed by atoms with Crippen molar-refractivity contribution in [1.82, 2.24) is 4.31 Å². The van der Waals surface area contributed by atoms with Crippen molar-refractivity contribution >= 4 is 44.9 Å². The Morgan fingerprint density at radius 3 is 2.55 bits per heavy atom. The molecule has 1 saturated heterocycles. The molecule has 1 amide bonds. The number of anilines is 1. The highest BCUT2D eigenvalue weighted by Crippen LogP contribution is 2.28. The fourth-order valence-corrected chi connectivity index (χ4v) is 4.94. The van der Waals surface area contributed by atoms with E-state index in [1.165, 1.54) is 48.5 Å². The number of esters is 1. The highest BCUT2D eigenvalue weighted by atomic mass is 35.5. The third-order valence-electron chi connectivity index (χ3n) is 4.62. The van der Waals surface area contributed by atoms with Gasteiger partial charge in [0.25, 0.3) is 11.6 Å². The van der Waals surface area contributed by atoms with E-state index in [1.54, 1.807) is 0 Å². The van der Waals surface area contributed by atoms with Crippen molar-refractivity contribution in [3.63, 3.8) is 0 Å². The number of para-hydroxylation sites is 2. The maximum absolute atomic E-state index is 12.9. The number of halogens is 1. The van der Waals surface area contributed by atoms with Crippen molar-refractivity contribution in [1.29, 1.82) is 0 Å². The molecule has 0 radical (unpaired) electrons. The average Bonchev–Trinajstić information content (AvgIpc) is 3.23. The summed E-state index contributed by atoms with van der Waals surface area (Å²) in [5.74, 6) is -1.65. The van der Waals surface area contributed by atoms with E-state index in [1.807, 2.05) is 0 Å². The molecule has 31 heavy (non-hydrogen) atoms. The molecule has 0 unspecified atom stereocenters. The second-order valence-corrected chi connectivity index (χ2v) is 8.98. The van der Waals surface area contributed by atoms with Crippen LogP contribution in [0.25, 0.3) is 0 Å². The second kappa shape index (κ2) is 9.41. The SMILES string of the molecule is O=C(COC(=O)[C@@H]1CCCN1S(=O)(=O)c1ccc(Cl)cc1)Nc1ccccc1[N+](=O)[O-]. The molecule has 0 spiro atoms. The topological polar surface area (TPSA) is 136 Å². The summed E-state index contributed by atoms with van der Waals surface area (Å²) >= 11 is 5.80. The number of nitrogens with one attached hydrogen (secondary N) is 1. The summed E-state index contributed by atoms with van der Waals surface area (Å²) in [5, 5.41) is 13.7. The maximum atomic E-state index is 12.9. The Balaban J connectivity index is 1.64.